The van der Waals surface area contributed by atoms with Crippen molar-refractivity contribution in [1.29, 1.82) is 0 Å². The number of piperidine rings is 1. The summed E-state index contributed by atoms with van der Waals surface area (Å²) in [5, 5.41) is 12.4. The van der Waals surface area contributed by atoms with E-state index in [1.54, 1.807) is 0 Å². The largest absolute Gasteiger partial charge is 0.396 e. The zero-order chi connectivity index (χ0) is 11.8. The van der Waals surface area contributed by atoms with E-state index in [0.29, 0.717) is 18.7 Å². The molecule has 1 unspecified atom stereocenters. The predicted octanol–water partition coefficient (Wildman–Crippen LogP) is 0.835. The minimum Gasteiger partial charge on any atom is -0.396 e. The third-order valence-corrected chi connectivity index (χ3v) is 3.22. The summed E-state index contributed by atoms with van der Waals surface area (Å²) in [6.07, 6.45) is 9.62. The Hall–Kier alpha value is -0.560. The molecule has 0 radical (unpaired) electrons. The fourth-order valence-corrected chi connectivity index (χ4v) is 2.27. The topological polar surface area (TPSA) is 35.5 Å². The van der Waals surface area contributed by atoms with E-state index in [-0.39, 0.29) is 0 Å². The highest BCUT2D eigenvalue weighted by Gasteiger charge is 2.19. The lowest BCUT2D eigenvalue weighted by Crippen LogP contribution is -2.45. The number of likely N-dealkylation sites (tertiary alicyclic amines) is 1. The van der Waals surface area contributed by atoms with E-state index in [1.165, 1.54) is 12.8 Å². The third-order valence-electron chi connectivity index (χ3n) is 3.22. The molecule has 1 atom stereocenters. The Bertz CT molecular complexity index is 216. The van der Waals surface area contributed by atoms with Crippen molar-refractivity contribution in [2.24, 2.45) is 0 Å². The molecule has 0 bridgehead atoms. The second kappa shape index (κ2) is 7.67. The van der Waals surface area contributed by atoms with Crippen molar-refractivity contribution >= 4 is 0 Å². The van der Waals surface area contributed by atoms with Crippen molar-refractivity contribution < 1.29 is 5.11 Å². The second-order valence-electron chi connectivity index (χ2n) is 4.69. The van der Waals surface area contributed by atoms with Crippen LogP contribution in [0.15, 0.2) is 0 Å². The average molecular weight is 224 g/mol. The van der Waals surface area contributed by atoms with Gasteiger partial charge in [0, 0.05) is 31.8 Å². The van der Waals surface area contributed by atoms with Crippen molar-refractivity contribution in [1.82, 2.24) is 10.2 Å². The summed E-state index contributed by atoms with van der Waals surface area (Å²) in [6, 6.07) is 1.14. The first-order valence-electron chi connectivity index (χ1n) is 6.29. The van der Waals surface area contributed by atoms with Crippen LogP contribution in [0.1, 0.15) is 32.6 Å². The molecule has 1 aliphatic heterocycles. The molecule has 92 valence electrons. The molecule has 3 nitrogen and oxygen atoms in total. The zero-order valence-electron chi connectivity index (χ0n) is 10.3. The van der Waals surface area contributed by atoms with Crippen molar-refractivity contribution in [3.63, 3.8) is 0 Å². The van der Waals surface area contributed by atoms with Crippen LogP contribution in [0.5, 0.6) is 0 Å². The number of nitrogens with zero attached hydrogens (tertiary/aromatic N) is 1. The first-order valence-corrected chi connectivity index (χ1v) is 6.29. The van der Waals surface area contributed by atoms with Crippen molar-refractivity contribution in [3.8, 4) is 12.3 Å². The van der Waals surface area contributed by atoms with Gasteiger partial charge in [0.1, 0.15) is 0 Å². The molecule has 1 rings (SSSR count). The Kier molecular flexibility index (Phi) is 6.47. The summed E-state index contributed by atoms with van der Waals surface area (Å²) in [5.74, 6) is 2.70. The maximum absolute atomic E-state index is 8.76. The Morgan fingerprint density at radius 1 is 1.50 bits per heavy atom. The summed E-state index contributed by atoms with van der Waals surface area (Å²) in [6.45, 7) is 5.49. The highest BCUT2D eigenvalue weighted by atomic mass is 16.2. The van der Waals surface area contributed by atoms with Gasteiger partial charge < -0.3 is 10.4 Å². The van der Waals surface area contributed by atoms with Crippen LogP contribution in [0.3, 0.4) is 0 Å². The fraction of sp³-hybridized carbons (Fsp3) is 0.846. The lowest BCUT2D eigenvalue weighted by atomic mass is 10.0. The molecule has 0 aliphatic carbocycles. The highest BCUT2D eigenvalue weighted by Crippen LogP contribution is 2.11. The molecule has 1 fully saturated rings. The van der Waals surface area contributed by atoms with Crippen LogP contribution in [-0.4, -0.2) is 48.3 Å². The molecule has 1 saturated heterocycles. The Morgan fingerprint density at radius 2 is 2.19 bits per heavy atom. The number of terminal acetylenes is 1. The van der Waals surface area contributed by atoms with Crippen LogP contribution in [0.2, 0.25) is 0 Å². The number of rotatable bonds is 6. The van der Waals surface area contributed by atoms with Gasteiger partial charge in [0.2, 0.25) is 0 Å². The van der Waals surface area contributed by atoms with E-state index in [0.717, 1.165) is 32.5 Å². The molecule has 0 aromatic rings. The Balaban J connectivity index is 2.14. The van der Waals surface area contributed by atoms with E-state index in [4.69, 9.17) is 11.5 Å². The van der Waals surface area contributed by atoms with Gasteiger partial charge in [-0.25, -0.2) is 0 Å². The average Bonchev–Trinajstić information content (AvgIpc) is 2.29. The van der Waals surface area contributed by atoms with E-state index < -0.39 is 0 Å². The van der Waals surface area contributed by atoms with Crippen LogP contribution in [0.4, 0.5) is 0 Å². The SMILES string of the molecule is C#CCN1CCC(NC(C)CCCO)CC1. The summed E-state index contributed by atoms with van der Waals surface area (Å²) in [5.41, 5.74) is 0. The molecule has 0 amide bonds. The van der Waals surface area contributed by atoms with Gasteiger partial charge in [-0.15, -0.1) is 6.42 Å². The molecule has 0 spiro atoms. The van der Waals surface area contributed by atoms with Crippen LogP contribution in [-0.2, 0) is 0 Å². The minimum atomic E-state index is 0.298. The quantitative estimate of drug-likeness (QED) is 0.656. The third kappa shape index (κ3) is 4.98. The van der Waals surface area contributed by atoms with Gasteiger partial charge in [-0.1, -0.05) is 5.92 Å². The van der Waals surface area contributed by atoms with Gasteiger partial charge in [0.05, 0.1) is 6.54 Å². The normalized spacial score (nSPS) is 20.6. The van der Waals surface area contributed by atoms with E-state index in [1.807, 2.05) is 0 Å². The van der Waals surface area contributed by atoms with Crippen molar-refractivity contribution in [3.05, 3.63) is 0 Å². The Labute approximate surface area is 99.2 Å². The summed E-state index contributed by atoms with van der Waals surface area (Å²) < 4.78 is 0. The van der Waals surface area contributed by atoms with Gasteiger partial charge in [-0.3, -0.25) is 4.90 Å². The first kappa shape index (κ1) is 13.5. The number of aliphatic hydroxyl groups excluding tert-OH is 1. The molecule has 3 heteroatoms. The standard InChI is InChI=1S/C13H24N2O/c1-3-8-15-9-6-13(7-10-15)14-12(2)5-4-11-16/h1,12-14,16H,4-11H2,2H3. The van der Waals surface area contributed by atoms with Crippen LogP contribution in [0, 0.1) is 12.3 Å². The molecule has 1 heterocycles. The lowest BCUT2D eigenvalue weighted by Gasteiger charge is -2.32. The molecule has 0 aromatic carbocycles. The number of hydrogen-bond donors (Lipinski definition) is 2. The lowest BCUT2D eigenvalue weighted by molar-refractivity contribution is 0.206. The fourth-order valence-electron chi connectivity index (χ4n) is 2.27. The van der Waals surface area contributed by atoms with Gasteiger partial charge >= 0.3 is 0 Å². The monoisotopic (exact) mass is 224 g/mol. The Morgan fingerprint density at radius 3 is 2.75 bits per heavy atom. The van der Waals surface area contributed by atoms with Gasteiger partial charge in [0.25, 0.3) is 0 Å². The van der Waals surface area contributed by atoms with E-state index in [2.05, 4.69) is 23.1 Å². The van der Waals surface area contributed by atoms with Gasteiger partial charge in [0.15, 0.2) is 0 Å². The zero-order valence-corrected chi connectivity index (χ0v) is 10.3. The molecular weight excluding hydrogens is 200 g/mol. The number of aliphatic hydroxyl groups is 1. The van der Waals surface area contributed by atoms with Crippen LogP contribution >= 0.6 is 0 Å². The molecular formula is C13H24N2O. The minimum absolute atomic E-state index is 0.298. The molecule has 16 heavy (non-hydrogen) atoms. The molecule has 0 aromatic heterocycles. The van der Waals surface area contributed by atoms with Crippen LogP contribution < -0.4 is 5.32 Å². The van der Waals surface area contributed by atoms with Crippen molar-refractivity contribution in [2.75, 3.05) is 26.2 Å². The maximum atomic E-state index is 8.76. The summed E-state index contributed by atoms with van der Waals surface area (Å²) in [7, 11) is 0. The maximum Gasteiger partial charge on any atom is 0.0598 e. The van der Waals surface area contributed by atoms with Crippen molar-refractivity contribution in [2.45, 2.75) is 44.7 Å². The first-order chi connectivity index (χ1) is 7.76. The smallest absolute Gasteiger partial charge is 0.0598 e. The summed E-state index contributed by atoms with van der Waals surface area (Å²) >= 11 is 0. The van der Waals surface area contributed by atoms with Gasteiger partial charge in [-0.05, 0) is 32.6 Å². The van der Waals surface area contributed by atoms with Crippen LogP contribution in [0.25, 0.3) is 0 Å². The number of nitrogens with one attached hydrogen (secondary N) is 1. The molecule has 2 N–H and O–H groups in total. The van der Waals surface area contributed by atoms with Gasteiger partial charge in [-0.2, -0.15) is 0 Å². The van der Waals surface area contributed by atoms with E-state index >= 15 is 0 Å². The predicted molar refractivity (Wildman–Crippen MR) is 67.2 cm³/mol. The highest BCUT2D eigenvalue weighted by molar-refractivity contribution is 4.90. The van der Waals surface area contributed by atoms with E-state index in [9.17, 15) is 0 Å². The summed E-state index contributed by atoms with van der Waals surface area (Å²) in [4.78, 5) is 2.33. The number of hydrogen-bond acceptors (Lipinski definition) is 3. The molecule has 0 saturated carbocycles. The second-order valence-corrected chi connectivity index (χ2v) is 4.69. The molecule has 1 aliphatic rings.